The monoisotopic (exact) mass is 789 g/mol. The summed E-state index contributed by atoms with van der Waals surface area (Å²) in [5.41, 5.74) is 0. The summed E-state index contributed by atoms with van der Waals surface area (Å²) in [5, 5.41) is 54.7. The molecule has 1 rings (SSSR count). The van der Waals surface area contributed by atoms with Crippen LogP contribution in [0.15, 0.2) is 48.6 Å². The maximum Gasteiger partial charge on any atom is 0.397 e. The maximum absolute atomic E-state index is 13.0. The van der Waals surface area contributed by atoms with Crippen molar-refractivity contribution in [1.29, 1.82) is 0 Å². The van der Waals surface area contributed by atoms with E-state index in [0.717, 1.165) is 57.8 Å². The number of rotatable bonds is 32. The number of nitrogens with one attached hydrogen (secondary N) is 1. The third kappa shape index (κ3) is 23.8. The van der Waals surface area contributed by atoms with Gasteiger partial charge in [0.1, 0.15) is 30.5 Å². The number of hydrogen-bond donors (Lipinski definition) is 7. The SMILES string of the molecule is CCC/C=C/CC/C=C/C(O)C(COC1OC(CO)C(O)C(OS(=O)(=O)O)C1O)NC(=O)C(O)CCCCCCCCCCC/C=C\C=C/CCCCC. The summed E-state index contributed by atoms with van der Waals surface area (Å²) in [7, 11) is -5.12. The van der Waals surface area contributed by atoms with Crippen molar-refractivity contribution in [2.75, 3.05) is 13.2 Å². The number of carbonyl (C=O) groups is 1. The van der Waals surface area contributed by atoms with E-state index in [2.05, 4.69) is 53.7 Å². The van der Waals surface area contributed by atoms with Gasteiger partial charge in [-0.25, -0.2) is 4.18 Å². The second kappa shape index (κ2) is 31.1. The molecule has 1 fully saturated rings. The summed E-state index contributed by atoms with van der Waals surface area (Å²) in [4.78, 5) is 13.0. The van der Waals surface area contributed by atoms with Crippen LogP contribution in [0.25, 0.3) is 0 Å². The highest BCUT2D eigenvalue weighted by Gasteiger charge is 2.48. The van der Waals surface area contributed by atoms with Crippen LogP contribution in [0.5, 0.6) is 0 Å². The standard InChI is InChI=1S/C40H71NO12S/c1-3-5-7-9-11-12-13-14-15-16-17-18-19-20-21-23-25-27-29-34(44)39(47)41-32(33(43)28-26-24-22-10-8-6-4-2)31-51-40-37(46)38(53-54(48,49)50)36(45)35(30-42)52-40/h8,10-14,26,28,32-38,40,42-46H,3-7,9,15-25,27,29-31H2,1-2H3,(H,41,47)(H,48,49,50)/b10-8+,12-11-,14-13-,28-26+. The predicted octanol–water partition coefficient (Wildman–Crippen LogP) is 5.51. The van der Waals surface area contributed by atoms with E-state index in [1.54, 1.807) is 6.08 Å². The van der Waals surface area contributed by atoms with E-state index in [-0.39, 0.29) is 6.42 Å². The molecule has 14 heteroatoms. The average molecular weight is 790 g/mol. The number of aliphatic hydroxyl groups is 5. The van der Waals surface area contributed by atoms with Gasteiger partial charge in [-0.2, -0.15) is 8.42 Å². The molecule has 13 nitrogen and oxygen atoms in total. The number of allylic oxidation sites excluding steroid dienone is 7. The number of aliphatic hydroxyl groups excluding tert-OH is 5. The zero-order valence-corrected chi connectivity index (χ0v) is 33.4. The van der Waals surface area contributed by atoms with Crippen LogP contribution < -0.4 is 5.32 Å². The normalized spacial score (nSPS) is 22.9. The van der Waals surface area contributed by atoms with Crippen molar-refractivity contribution in [3.63, 3.8) is 0 Å². The Balaban J connectivity index is 2.56. The second-order valence-electron chi connectivity index (χ2n) is 14.0. The van der Waals surface area contributed by atoms with Crippen LogP contribution in [0.1, 0.15) is 136 Å². The molecular formula is C40H71NO12S. The first-order valence-corrected chi connectivity index (χ1v) is 21.5. The van der Waals surface area contributed by atoms with E-state index < -0.39 is 78.5 Å². The number of unbranched alkanes of at least 4 members (excludes halogenated alkanes) is 14. The quantitative estimate of drug-likeness (QED) is 0.0195. The lowest BCUT2D eigenvalue weighted by molar-refractivity contribution is -0.298. The van der Waals surface area contributed by atoms with Crippen molar-refractivity contribution in [2.45, 2.75) is 185 Å². The predicted molar refractivity (Wildman–Crippen MR) is 210 cm³/mol. The maximum atomic E-state index is 13.0. The van der Waals surface area contributed by atoms with Gasteiger partial charge in [0.25, 0.3) is 0 Å². The molecule has 1 aliphatic rings. The molecule has 314 valence electrons. The van der Waals surface area contributed by atoms with Crippen molar-refractivity contribution < 1.29 is 57.0 Å². The number of hydrogen-bond acceptors (Lipinski definition) is 11. The van der Waals surface area contributed by atoms with Crippen LogP contribution in [0, 0.1) is 0 Å². The summed E-state index contributed by atoms with van der Waals surface area (Å²) in [5.74, 6) is -0.724. The highest BCUT2D eigenvalue weighted by atomic mass is 32.3. The van der Waals surface area contributed by atoms with Crippen LogP contribution >= 0.6 is 0 Å². The Bertz CT molecular complexity index is 1180. The number of ether oxygens (including phenoxy) is 2. The molecular weight excluding hydrogens is 719 g/mol. The number of carbonyl (C=O) groups excluding carboxylic acids is 1. The van der Waals surface area contributed by atoms with Gasteiger partial charge in [0.15, 0.2) is 6.29 Å². The van der Waals surface area contributed by atoms with Gasteiger partial charge in [0, 0.05) is 0 Å². The molecule has 0 aromatic carbocycles. The zero-order valence-electron chi connectivity index (χ0n) is 32.6. The van der Waals surface area contributed by atoms with Crippen molar-refractivity contribution in [3.8, 4) is 0 Å². The van der Waals surface area contributed by atoms with E-state index in [1.807, 2.05) is 6.08 Å². The molecule has 0 saturated carbocycles. The van der Waals surface area contributed by atoms with Crippen LogP contribution in [0.4, 0.5) is 0 Å². The topological polar surface area (TPSA) is 212 Å². The van der Waals surface area contributed by atoms with Crippen molar-refractivity contribution in [1.82, 2.24) is 5.32 Å². The molecule has 0 spiro atoms. The van der Waals surface area contributed by atoms with Gasteiger partial charge < -0.3 is 40.3 Å². The molecule has 1 amide bonds. The lowest BCUT2D eigenvalue weighted by atomic mass is 9.99. The lowest BCUT2D eigenvalue weighted by Crippen LogP contribution is -2.61. The minimum atomic E-state index is -5.12. The van der Waals surface area contributed by atoms with Gasteiger partial charge in [-0.3, -0.25) is 9.35 Å². The van der Waals surface area contributed by atoms with Crippen LogP contribution in [-0.2, 0) is 28.9 Å². The van der Waals surface area contributed by atoms with Gasteiger partial charge in [-0.1, -0.05) is 133 Å². The zero-order chi connectivity index (χ0) is 40.0. The fraction of sp³-hybridized carbons (Fsp3) is 0.775. The van der Waals surface area contributed by atoms with Crippen molar-refractivity contribution in [3.05, 3.63) is 48.6 Å². The summed E-state index contributed by atoms with van der Waals surface area (Å²) < 4.78 is 47.1. The van der Waals surface area contributed by atoms with E-state index >= 15 is 0 Å². The van der Waals surface area contributed by atoms with Crippen LogP contribution in [-0.4, -0.2) is 107 Å². The van der Waals surface area contributed by atoms with Gasteiger partial charge in [0.05, 0.1) is 25.4 Å². The first-order chi connectivity index (χ1) is 25.9. The van der Waals surface area contributed by atoms with Crippen LogP contribution in [0.3, 0.4) is 0 Å². The average Bonchev–Trinajstić information content (AvgIpc) is 3.14. The first-order valence-electron chi connectivity index (χ1n) is 20.1. The van der Waals surface area contributed by atoms with Gasteiger partial charge in [-0.15, -0.1) is 0 Å². The molecule has 0 aliphatic carbocycles. The first kappa shape index (κ1) is 50.0. The third-order valence-corrected chi connectivity index (χ3v) is 9.66. The third-order valence-electron chi connectivity index (χ3n) is 9.20. The molecule has 0 radical (unpaired) electrons. The van der Waals surface area contributed by atoms with Gasteiger partial charge in [0.2, 0.25) is 5.91 Å². The Morgan fingerprint density at radius 1 is 0.759 bits per heavy atom. The minimum Gasteiger partial charge on any atom is -0.394 e. The lowest BCUT2D eigenvalue weighted by Gasteiger charge is -2.41. The molecule has 1 aliphatic heterocycles. The molecule has 1 saturated heterocycles. The fourth-order valence-electron chi connectivity index (χ4n) is 5.94. The van der Waals surface area contributed by atoms with Crippen LogP contribution in [0.2, 0.25) is 0 Å². The Kier molecular flexibility index (Phi) is 28.9. The van der Waals surface area contributed by atoms with Gasteiger partial charge in [-0.05, 0) is 51.4 Å². The highest BCUT2D eigenvalue weighted by Crippen LogP contribution is 2.26. The molecule has 7 N–H and O–H groups in total. The highest BCUT2D eigenvalue weighted by molar-refractivity contribution is 7.80. The fourth-order valence-corrected chi connectivity index (χ4v) is 6.45. The number of amides is 1. The van der Waals surface area contributed by atoms with Crippen molar-refractivity contribution >= 4 is 16.3 Å². The molecule has 0 aromatic heterocycles. The van der Waals surface area contributed by atoms with E-state index in [0.29, 0.717) is 12.8 Å². The minimum absolute atomic E-state index is 0.228. The largest absolute Gasteiger partial charge is 0.397 e. The van der Waals surface area contributed by atoms with E-state index in [4.69, 9.17) is 14.0 Å². The summed E-state index contributed by atoms with van der Waals surface area (Å²) >= 11 is 0. The molecule has 8 atom stereocenters. The second-order valence-corrected chi connectivity index (χ2v) is 15.1. The molecule has 0 aromatic rings. The Labute approximate surface area is 324 Å². The molecule has 0 bridgehead atoms. The van der Waals surface area contributed by atoms with E-state index in [1.165, 1.54) is 51.0 Å². The Hall–Kier alpha value is -1.98. The van der Waals surface area contributed by atoms with Gasteiger partial charge >= 0.3 is 10.4 Å². The summed E-state index contributed by atoms with van der Waals surface area (Å²) in [6.07, 6.45) is 23.9. The Morgan fingerprint density at radius 2 is 1.33 bits per heavy atom. The summed E-state index contributed by atoms with van der Waals surface area (Å²) in [6.45, 7) is 3.01. The van der Waals surface area contributed by atoms with E-state index in [9.17, 15) is 38.7 Å². The summed E-state index contributed by atoms with van der Waals surface area (Å²) in [6, 6.07) is -1.14. The molecule has 1 heterocycles. The smallest absolute Gasteiger partial charge is 0.394 e. The Morgan fingerprint density at radius 3 is 1.93 bits per heavy atom. The molecule has 54 heavy (non-hydrogen) atoms. The van der Waals surface area contributed by atoms with Crippen molar-refractivity contribution in [2.24, 2.45) is 0 Å². The molecule has 8 unspecified atom stereocenters.